The zero-order valence-corrected chi connectivity index (χ0v) is 16.5. The number of aromatic nitrogens is 1. The first-order valence-corrected chi connectivity index (χ1v) is 9.71. The van der Waals surface area contributed by atoms with Gasteiger partial charge in [-0.1, -0.05) is 19.8 Å². The minimum absolute atomic E-state index is 0.113. The second kappa shape index (κ2) is 9.68. The fourth-order valence-corrected chi connectivity index (χ4v) is 3.21. The maximum Gasteiger partial charge on any atom is 0.416 e. The van der Waals surface area contributed by atoms with Gasteiger partial charge in [-0.2, -0.15) is 13.2 Å². The molecule has 0 aliphatic heterocycles. The van der Waals surface area contributed by atoms with Gasteiger partial charge in [-0.25, -0.2) is 4.98 Å². The van der Waals surface area contributed by atoms with Crippen LogP contribution in [-0.2, 0) is 11.0 Å². The molecule has 0 atom stereocenters. The molecule has 1 N–H and O–H groups in total. The van der Waals surface area contributed by atoms with Crippen LogP contribution in [0.3, 0.4) is 0 Å². The summed E-state index contributed by atoms with van der Waals surface area (Å²) < 4.78 is 38.1. The van der Waals surface area contributed by atoms with E-state index in [2.05, 4.69) is 10.3 Å². The van der Waals surface area contributed by atoms with Crippen molar-refractivity contribution in [3.63, 3.8) is 0 Å². The number of halogens is 3. The average Bonchev–Trinajstić information content (AvgIpc) is 3.04. The van der Waals surface area contributed by atoms with Gasteiger partial charge in [0.1, 0.15) is 6.54 Å². The number of nitrogens with zero attached hydrogens (tertiary/aromatic N) is 2. The molecule has 0 spiro atoms. The van der Waals surface area contributed by atoms with Crippen LogP contribution in [0.1, 0.15) is 47.0 Å². The lowest BCUT2D eigenvalue weighted by atomic mass is 10.1. The van der Waals surface area contributed by atoms with Gasteiger partial charge in [-0.05, 0) is 37.6 Å². The van der Waals surface area contributed by atoms with E-state index in [4.69, 9.17) is 0 Å². The molecule has 2 amide bonds. The molecule has 0 aliphatic rings. The molecule has 9 heteroatoms. The number of hydrogen-bond acceptors (Lipinski definition) is 4. The van der Waals surface area contributed by atoms with E-state index in [0.29, 0.717) is 18.1 Å². The number of amides is 2. The summed E-state index contributed by atoms with van der Waals surface area (Å²) in [5.41, 5.74) is -0.708. The minimum Gasteiger partial charge on any atom is -0.329 e. The van der Waals surface area contributed by atoms with E-state index >= 15 is 0 Å². The smallest absolute Gasteiger partial charge is 0.329 e. The van der Waals surface area contributed by atoms with Crippen LogP contribution in [0.2, 0.25) is 0 Å². The predicted octanol–water partition coefficient (Wildman–Crippen LogP) is 4.74. The monoisotopic (exact) mass is 413 g/mol. The van der Waals surface area contributed by atoms with Gasteiger partial charge in [-0.15, -0.1) is 11.3 Å². The van der Waals surface area contributed by atoms with Crippen molar-refractivity contribution in [3.8, 4) is 0 Å². The Bertz CT molecular complexity index is 804. The number of aryl methyl sites for hydroxylation is 1. The lowest BCUT2D eigenvalue weighted by Crippen LogP contribution is -2.38. The van der Waals surface area contributed by atoms with E-state index in [-0.39, 0.29) is 12.1 Å². The summed E-state index contributed by atoms with van der Waals surface area (Å²) in [6.45, 7) is 4.03. The van der Waals surface area contributed by atoms with Crippen molar-refractivity contribution >= 4 is 28.3 Å². The van der Waals surface area contributed by atoms with Crippen molar-refractivity contribution < 1.29 is 22.8 Å². The van der Waals surface area contributed by atoms with Crippen molar-refractivity contribution in [2.75, 3.05) is 18.4 Å². The number of anilines is 1. The molecule has 0 fully saturated rings. The van der Waals surface area contributed by atoms with E-state index in [9.17, 15) is 22.8 Å². The number of nitrogens with one attached hydrogen (secondary N) is 1. The molecule has 0 aliphatic carbocycles. The lowest BCUT2D eigenvalue weighted by Gasteiger charge is -2.22. The van der Waals surface area contributed by atoms with Crippen LogP contribution in [0.25, 0.3) is 0 Å². The highest BCUT2D eigenvalue weighted by Gasteiger charge is 2.30. The van der Waals surface area contributed by atoms with Crippen molar-refractivity contribution in [1.29, 1.82) is 0 Å². The van der Waals surface area contributed by atoms with Gasteiger partial charge in [0, 0.05) is 23.2 Å². The number of thiazole rings is 1. The highest BCUT2D eigenvalue weighted by atomic mass is 32.1. The number of alkyl halides is 3. The van der Waals surface area contributed by atoms with Crippen LogP contribution >= 0.6 is 11.3 Å². The van der Waals surface area contributed by atoms with Crippen LogP contribution < -0.4 is 5.32 Å². The molecule has 1 aromatic heterocycles. The normalized spacial score (nSPS) is 11.3. The van der Waals surface area contributed by atoms with Crippen molar-refractivity contribution in [2.45, 2.75) is 39.3 Å². The molecular formula is C19H22F3N3O2S. The summed E-state index contributed by atoms with van der Waals surface area (Å²) in [7, 11) is 0. The van der Waals surface area contributed by atoms with Crippen molar-refractivity contribution in [3.05, 3.63) is 46.5 Å². The number of unbranched alkanes of at least 4 members (excludes halogenated alkanes) is 2. The lowest BCUT2D eigenvalue weighted by molar-refractivity contribution is -0.137. The van der Waals surface area contributed by atoms with Gasteiger partial charge in [0.05, 0.1) is 5.56 Å². The maximum atomic E-state index is 12.7. The summed E-state index contributed by atoms with van der Waals surface area (Å²) in [5.74, 6) is -0.874. The molecule has 0 unspecified atom stereocenters. The summed E-state index contributed by atoms with van der Waals surface area (Å²) >= 11 is 1.32. The number of carbonyl (C=O) groups is 2. The number of hydrogen-bond donors (Lipinski definition) is 1. The second-order valence-corrected chi connectivity index (χ2v) is 7.57. The fraction of sp³-hybridized carbons (Fsp3) is 0.421. The van der Waals surface area contributed by atoms with Gasteiger partial charge >= 0.3 is 6.18 Å². The Morgan fingerprint density at radius 1 is 1.18 bits per heavy atom. The van der Waals surface area contributed by atoms with Crippen LogP contribution in [0, 0.1) is 6.92 Å². The number of rotatable bonds is 8. The van der Waals surface area contributed by atoms with Crippen molar-refractivity contribution in [2.24, 2.45) is 0 Å². The summed E-state index contributed by atoms with van der Waals surface area (Å²) in [6, 6.07) is 4.02. The molecule has 2 aromatic rings. The molecule has 0 saturated heterocycles. The number of benzene rings is 1. The van der Waals surface area contributed by atoms with E-state index in [1.807, 2.05) is 13.8 Å². The summed E-state index contributed by atoms with van der Waals surface area (Å²) in [5, 5.41) is 3.09. The van der Waals surface area contributed by atoms with E-state index in [0.717, 1.165) is 42.0 Å². The molecule has 1 aromatic carbocycles. The van der Waals surface area contributed by atoms with E-state index in [1.54, 1.807) is 6.20 Å². The third-order valence-electron chi connectivity index (χ3n) is 3.98. The Morgan fingerprint density at radius 2 is 1.86 bits per heavy atom. The van der Waals surface area contributed by atoms with E-state index in [1.165, 1.54) is 16.2 Å². The Labute approximate surface area is 165 Å². The van der Waals surface area contributed by atoms with Gasteiger partial charge in [0.25, 0.3) is 5.91 Å². The molecule has 2 rings (SSSR count). The molecule has 0 bridgehead atoms. The molecule has 1 heterocycles. The molecular weight excluding hydrogens is 391 g/mol. The fourth-order valence-electron chi connectivity index (χ4n) is 2.53. The summed E-state index contributed by atoms with van der Waals surface area (Å²) in [6.07, 6.45) is -0.315. The third kappa shape index (κ3) is 6.33. The molecule has 0 saturated carbocycles. The molecule has 28 heavy (non-hydrogen) atoms. The third-order valence-corrected chi connectivity index (χ3v) is 4.81. The van der Waals surface area contributed by atoms with Gasteiger partial charge in [-0.3, -0.25) is 9.59 Å². The van der Waals surface area contributed by atoms with Crippen LogP contribution in [0.4, 0.5) is 18.3 Å². The maximum absolute atomic E-state index is 12.7. The zero-order valence-electron chi connectivity index (χ0n) is 15.7. The molecule has 5 nitrogen and oxygen atoms in total. The van der Waals surface area contributed by atoms with Crippen LogP contribution in [0.15, 0.2) is 30.5 Å². The zero-order chi connectivity index (χ0) is 20.7. The van der Waals surface area contributed by atoms with E-state index < -0.39 is 23.6 Å². The van der Waals surface area contributed by atoms with Crippen LogP contribution in [0.5, 0.6) is 0 Å². The SMILES string of the molecule is CCCCCN(CC(=O)Nc1ncc(C)s1)C(=O)c1ccc(C(F)(F)F)cc1. The van der Waals surface area contributed by atoms with Gasteiger partial charge < -0.3 is 10.2 Å². The molecule has 0 radical (unpaired) electrons. The quantitative estimate of drug-likeness (QED) is 0.636. The van der Waals surface area contributed by atoms with Crippen LogP contribution in [-0.4, -0.2) is 34.8 Å². The van der Waals surface area contributed by atoms with Gasteiger partial charge in [0.15, 0.2) is 5.13 Å². The van der Waals surface area contributed by atoms with Crippen molar-refractivity contribution in [1.82, 2.24) is 9.88 Å². The standard InChI is InChI=1S/C19H22F3N3O2S/c1-3-4-5-10-25(12-16(26)24-18-23-11-13(2)28-18)17(27)14-6-8-15(9-7-14)19(20,21)22/h6-9,11H,3-5,10,12H2,1-2H3,(H,23,24,26). The second-order valence-electron chi connectivity index (χ2n) is 6.33. The predicted molar refractivity (Wildman–Crippen MR) is 102 cm³/mol. The Hall–Kier alpha value is -2.42. The topological polar surface area (TPSA) is 62.3 Å². The first-order valence-electron chi connectivity index (χ1n) is 8.89. The first kappa shape index (κ1) is 21.9. The average molecular weight is 413 g/mol. The Balaban J connectivity index is 2.09. The first-order chi connectivity index (χ1) is 13.2. The highest BCUT2D eigenvalue weighted by molar-refractivity contribution is 7.15. The Morgan fingerprint density at radius 3 is 2.39 bits per heavy atom. The number of carbonyl (C=O) groups excluding carboxylic acids is 2. The minimum atomic E-state index is -4.46. The largest absolute Gasteiger partial charge is 0.416 e. The van der Waals surface area contributed by atoms with Gasteiger partial charge in [0.2, 0.25) is 5.91 Å². The highest BCUT2D eigenvalue weighted by Crippen LogP contribution is 2.29. The summed E-state index contributed by atoms with van der Waals surface area (Å²) in [4.78, 5) is 31.4. The Kier molecular flexibility index (Phi) is 7.56. The molecule has 152 valence electrons.